The van der Waals surface area contributed by atoms with Gasteiger partial charge in [-0.25, -0.2) is 8.42 Å². The second-order valence-corrected chi connectivity index (χ2v) is 16.0. The van der Waals surface area contributed by atoms with Crippen LogP contribution < -0.4 is 14.5 Å². The van der Waals surface area contributed by atoms with E-state index in [4.69, 9.17) is 14.2 Å². The van der Waals surface area contributed by atoms with Crippen LogP contribution >= 0.6 is 23.5 Å². The number of hydrogen-bond donors (Lipinski definition) is 0. The van der Waals surface area contributed by atoms with Gasteiger partial charge in [-0.15, -0.1) is 11.8 Å². The van der Waals surface area contributed by atoms with Crippen molar-refractivity contribution in [3.8, 4) is 5.88 Å². The van der Waals surface area contributed by atoms with Crippen molar-refractivity contribution < 1.29 is 41.7 Å². The van der Waals surface area contributed by atoms with E-state index in [1.165, 1.54) is 50.3 Å². The molecule has 0 N–H and O–H groups in total. The van der Waals surface area contributed by atoms with Gasteiger partial charge in [0.15, 0.2) is 0 Å². The molecule has 282 valence electrons. The quantitative estimate of drug-likeness (QED) is 0.0641. The molecule has 0 bridgehead atoms. The molecular formula is C36H41N5O9S3. The monoisotopic (exact) mass is 783 g/mol. The van der Waals surface area contributed by atoms with E-state index < -0.39 is 26.7 Å². The van der Waals surface area contributed by atoms with Gasteiger partial charge in [-0.05, 0) is 66.6 Å². The van der Waals surface area contributed by atoms with Gasteiger partial charge in [0.2, 0.25) is 5.91 Å². The topological polar surface area (TPSA) is 159 Å². The molecule has 3 aromatic carbocycles. The number of aromatic nitrogens is 2. The molecule has 0 atom stereocenters. The van der Waals surface area contributed by atoms with Gasteiger partial charge in [-0.1, -0.05) is 42.1 Å². The summed E-state index contributed by atoms with van der Waals surface area (Å²) in [6.07, 6.45) is 3.13. The van der Waals surface area contributed by atoms with Crippen LogP contribution in [0.2, 0.25) is 0 Å². The van der Waals surface area contributed by atoms with Crippen LogP contribution in [0.3, 0.4) is 0 Å². The molecule has 2 aliphatic heterocycles. The van der Waals surface area contributed by atoms with Crippen molar-refractivity contribution in [3.63, 3.8) is 0 Å². The molecule has 0 radical (unpaired) electrons. The molecule has 0 saturated carbocycles. The number of esters is 1. The molecule has 2 aliphatic rings. The summed E-state index contributed by atoms with van der Waals surface area (Å²) in [5, 5.41) is 14.6. The summed E-state index contributed by atoms with van der Waals surface area (Å²) in [6.45, 7) is 4.52. The average molecular weight is 784 g/mol. The summed E-state index contributed by atoms with van der Waals surface area (Å²) >= 11 is 3.57. The number of amides is 1. The van der Waals surface area contributed by atoms with E-state index in [1.807, 2.05) is 16.7 Å². The predicted octanol–water partition coefficient (Wildman–Crippen LogP) is 4.42. The lowest BCUT2D eigenvalue weighted by Crippen LogP contribution is -2.49. The molecule has 1 amide bonds. The van der Waals surface area contributed by atoms with Gasteiger partial charge in [0.05, 0.1) is 41.1 Å². The first-order valence-corrected chi connectivity index (χ1v) is 20.8. The van der Waals surface area contributed by atoms with Gasteiger partial charge in [0.1, 0.15) is 13.2 Å². The first kappa shape index (κ1) is 38.4. The van der Waals surface area contributed by atoms with Gasteiger partial charge < -0.3 is 29.2 Å². The van der Waals surface area contributed by atoms with Crippen molar-refractivity contribution in [2.24, 2.45) is 0 Å². The van der Waals surface area contributed by atoms with E-state index in [0.29, 0.717) is 13.1 Å². The van der Waals surface area contributed by atoms with Gasteiger partial charge in [-0.2, -0.15) is 0 Å². The number of ether oxygens (including phenoxy) is 3. The summed E-state index contributed by atoms with van der Waals surface area (Å²) < 4.78 is 46.0. The molecule has 0 unspecified atom stereocenters. The van der Waals surface area contributed by atoms with Crippen LogP contribution in [0.4, 0.5) is 11.4 Å². The zero-order chi connectivity index (χ0) is 37.2. The molecule has 1 aromatic heterocycles. The minimum absolute atomic E-state index is 0.00305. The first-order valence-electron chi connectivity index (χ1n) is 17.2. The van der Waals surface area contributed by atoms with E-state index in [-0.39, 0.29) is 55.0 Å². The maximum absolute atomic E-state index is 12.8. The summed E-state index contributed by atoms with van der Waals surface area (Å²) in [4.78, 5) is 35.2. The number of anilines is 2. The Morgan fingerprint density at radius 2 is 1.64 bits per heavy atom. The number of sulfone groups is 1. The number of nitrogens with zero attached hydrogens (tertiary/aromatic N) is 5. The number of rotatable bonds is 17. The summed E-state index contributed by atoms with van der Waals surface area (Å²) in [5.41, 5.74) is 2.50. The van der Waals surface area contributed by atoms with Crippen molar-refractivity contribution in [2.45, 2.75) is 43.9 Å². The molecule has 14 nitrogen and oxygen atoms in total. The van der Waals surface area contributed by atoms with Crippen molar-refractivity contribution in [1.29, 1.82) is 0 Å². The Labute approximate surface area is 316 Å². The Morgan fingerprint density at radius 3 is 2.43 bits per heavy atom. The molecule has 1 saturated heterocycles. The Balaban J connectivity index is 0.840. The minimum atomic E-state index is -4.22. The lowest BCUT2D eigenvalue weighted by Gasteiger charge is -2.36. The Morgan fingerprint density at radius 1 is 0.906 bits per heavy atom. The summed E-state index contributed by atoms with van der Waals surface area (Å²) in [5.74, 6) is -1.06. The fraction of sp³-hybridized carbons (Fsp3) is 0.389. The van der Waals surface area contributed by atoms with E-state index in [0.717, 1.165) is 32.6 Å². The Hall–Kier alpha value is -4.29. The molecule has 4 aromatic rings. The lowest BCUT2D eigenvalue weighted by molar-refractivity contribution is -0.832. The Kier molecular flexibility index (Phi) is 13.2. The highest BCUT2D eigenvalue weighted by Gasteiger charge is 2.35. The standard InChI is InChI=1S/C36H41N5O9S3/c1-51-27-12-13-32-30(26-27)40(29-10-5-6-11-31(29)52-32)17-7-16-38-18-20-39(21-19-38)33(42)14-15-34(43)48-24-22-47-23-25-49-35-36(41(44)50-37-35)53(45,46)28-8-3-2-4-9-28/h2-6,8-13,26H,7,14-25H2,1H3. The zero-order valence-electron chi connectivity index (χ0n) is 29.3. The zero-order valence-corrected chi connectivity index (χ0v) is 31.7. The maximum Gasteiger partial charge on any atom is 0.415 e. The van der Waals surface area contributed by atoms with Crippen LogP contribution in [-0.2, 0) is 28.9 Å². The largest absolute Gasteiger partial charge is 0.463 e. The molecule has 3 heterocycles. The van der Waals surface area contributed by atoms with Crippen LogP contribution in [-0.4, -0.2) is 107 Å². The number of para-hydroxylation sites is 1. The number of benzene rings is 3. The number of hydrogen-bond acceptors (Lipinski definition) is 14. The summed E-state index contributed by atoms with van der Waals surface area (Å²) in [7, 11) is -4.22. The number of carbonyl (C=O) groups is 2. The number of piperazine rings is 1. The molecule has 0 spiro atoms. The highest BCUT2D eigenvalue weighted by molar-refractivity contribution is 8.00. The van der Waals surface area contributed by atoms with Crippen LogP contribution in [0.5, 0.6) is 5.88 Å². The van der Waals surface area contributed by atoms with E-state index in [2.05, 4.69) is 68.3 Å². The second kappa shape index (κ2) is 18.2. The smallest absolute Gasteiger partial charge is 0.415 e. The molecule has 6 rings (SSSR count). The van der Waals surface area contributed by atoms with Crippen molar-refractivity contribution in [2.75, 3.05) is 76.9 Å². The van der Waals surface area contributed by atoms with Crippen molar-refractivity contribution in [1.82, 2.24) is 15.0 Å². The van der Waals surface area contributed by atoms with Crippen LogP contribution in [0, 0.1) is 5.21 Å². The van der Waals surface area contributed by atoms with Gasteiger partial charge >= 0.3 is 16.9 Å². The third-order valence-corrected chi connectivity index (χ3v) is 12.3. The van der Waals surface area contributed by atoms with E-state index in [1.54, 1.807) is 17.8 Å². The number of carbonyl (C=O) groups excluding carboxylic acids is 2. The second-order valence-electron chi connectivity index (χ2n) is 12.2. The molecular weight excluding hydrogens is 743 g/mol. The van der Waals surface area contributed by atoms with Crippen molar-refractivity contribution in [3.05, 3.63) is 78.0 Å². The molecule has 53 heavy (non-hydrogen) atoms. The van der Waals surface area contributed by atoms with Gasteiger partial charge in [0.25, 0.3) is 9.84 Å². The highest BCUT2D eigenvalue weighted by atomic mass is 32.2. The molecule has 0 aliphatic carbocycles. The van der Waals surface area contributed by atoms with Crippen LogP contribution in [0.25, 0.3) is 0 Å². The fourth-order valence-corrected chi connectivity index (χ4v) is 8.85. The highest BCUT2D eigenvalue weighted by Crippen LogP contribution is 2.48. The van der Waals surface area contributed by atoms with Gasteiger partial charge in [0, 0.05) is 53.8 Å². The van der Waals surface area contributed by atoms with Crippen LogP contribution in [0.15, 0.2) is 102 Å². The number of fused-ring (bicyclic) bond motifs is 2. The lowest BCUT2D eigenvalue weighted by atomic mass is 10.2. The first-order chi connectivity index (χ1) is 25.7. The summed E-state index contributed by atoms with van der Waals surface area (Å²) in [6, 6.07) is 22.6. The van der Waals surface area contributed by atoms with Crippen LogP contribution in [0.1, 0.15) is 19.3 Å². The van der Waals surface area contributed by atoms with Crippen molar-refractivity contribution >= 4 is 56.6 Å². The average Bonchev–Trinajstić information content (AvgIpc) is 3.57. The predicted molar refractivity (Wildman–Crippen MR) is 197 cm³/mol. The van der Waals surface area contributed by atoms with Gasteiger partial charge in [-0.3, -0.25) is 19.1 Å². The van der Waals surface area contributed by atoms with E-state index in [9.17, 15) is 23.2 Å². The normalized spacial score (nSPS) is 14.4. The third kappa shape index (κ3) is 9.64. The Bertz CT molecular complexity index is 1970. The SMILES string of the molecule is CSc1ccc2c(c1)N(CCCN1CCN(C(=O)CCC(=O)OCCOCCOc3no[n+]([O-])c3S(=O)(=O)c3ccccc3)CC1)c1ccccc1S2. The number of thioether (sulfide) groups is 1. The molecule has 1 fully saturated rings. The van der Waals surface area contributed by atoms with E-state index >= 15 is 0 Å². The maximum atomic E-state index is 12.8. The molecule has 17 heteroatoms. The fourth-order valence-electron chi connectivity index (χ4n) is 6.04. The third-order valence-electron chi connectivity index (χ3n) is 8.77. The minimum Gasteiger partial charge on any atom is -0.463 e.